The summed E-state index contributed by atoms with van der Waals surface area (Å²) in [7, 11) is 5.56. The number of anilines is 1. The van der Waals surface area contributed by atoms with Crippen LogP contribution in [0.3, 0.4) is 0 Å². The number of hydrogen-bond acceptors (Lipinski definition) is 4. The van der Waals surface area contributed by atoms with Gasteiger partial charge in [-0.1, -0.05) is 0 Å². The van der Waals surface area contributed by atoms with Crippen LogP contribution in [0, 0.1) is 0 Å². The van der Waals surface area contributed by atoms with Gasteiger partial charge in [0.05, 0.1) is 19.9 Å². The van der Waals surface area contributed by atoms with Crippen LogP contribution in [0.5, 0.6) is 11.5 Å². The van der Waals surface area contributed by atoms with Gasteiger partial charge in [0, 0.05) is 12.1 Å². The summed E-state index contributed by atoms with van der Waals surface area (Å²) in [4.78, 5) is 2.40. The molecule has 1 atom stereocenters. The highest BCUT2D eigenvalue weighted by Gasteiger charge is 2.16. The highest BCUT2D eigenvalue weighted by atomic mass is 16.5. The average Bonchev–Trinajstić information content (AvgIpc) is 2.64. The quantitative estimate of drug-likeness (QED) is 0.906. The van der Waals surface area contributed by atoms with Gasteiger partial charge >= 0.3 is 0 Å². The highest BCUT2D eigenvalue weighted by Crippen LogP contribution is 2.30. The van der Waals surface area contributed by atoms with Crippen LogP contribution >= 0.6 is 0 Å². The third-order valence-electron chi connectivity index (χ3n) is 3.72. The van der Waals surface area contributed by atoms with Crippen LogP contribution in [-0.4, -0.2) is 45.3 Å². The van der Waals surface area contributed by atoms with E-state index < -0.39 is 0 Å². The van der Waals surface area contributed by atoms with E-state index in [0.29, 0.717) is 6.04 Å². The van der Waals surface area contributed by atoms with E-state index in [-0.39, 0.29) is 0 Å². The predicted octanol–water partition coefficient (Wildman–Crippen LogP) is 2.60. The van der Waals surface area contributed by atoms with Crippen LogP contribution in [0.25, 0.3) is 0 Å². The van der Waals surface area contributed by atoms with Gasteiger partial charge in [0.2, 0.25) is 0 Å². The molecule has 0 amide bonds. The van der Waals surface area contributed by atoms with E-state index in [1.54, 1.807) is 14.2 Å². The van der Waals surface area contributed by atoms with Crippen molar-refractivity contribution in [2.75, 3.05) is 39.7 Å². The van der Waals surface area contributed by atoms with Crippen LogP contribution in [0.15, 0.2) is 18.2 Å². The van der Waals surface area contributed by atoms with Crippen molar-refractivity contribution in [1.29, 1.82) is 0 Å². The van der Waals surface area contributed by atoms with Crippen LogP contribution in [0.1, 0.15) is 19.3 Å². The van der Waals surface area contributed by atoms with Crippen molar-refractivity contribution in [3.63, 3.8) is 0 Å². The van der Waals surface area contributed by atoms with Crippen LogP contribution in [-0.2, 0) is 0 Å². The third kappa shape index (κ3) is 3.77. The summed E-state index contributed by atoms with van der Waals surface area (Å²) in [6, 6.07) is 6.44. The Balaban J connectivity index is 2.05. The highest BCUT2D eigenvalue weighted by molar-refractivity contribution is 5.59. The zero-order chi connectivity index (χ0) is 13.7. The number of methoxy groups -OCH3 is 2. The maximum Gasteiger partial charge on any atom is 0.145 e. The first-order valence-electron chi connectivity index (χ1n) is 6.90. The van der Waals surface area contributed by atoms with E-state index in [2.05, 4.69) is 17.3 Å². The van der Waals surface area contributed by atoms with E-state index in [1.807, 2.05) is 18.2 Å². The minimum atomic E-state index is 0.521. The summed E-state index contributed by atoms with van der Waals surface area (Å²) in [5.41, 5.74) is 1.05. The van der Waals surface area contributed by atoms with Crippen LogP contribution < -0.4 is 14.8 Å². The van der Waals surface area contributed by atoms with Crippen molar-refractivity contribution in [3.05, 3.63) is 18.2 Å². The molecule has 1 unspecified atom stereocenters. The molecule has 0 radical (unpaired) electrons. The number of ether oxygens (including phenoxy) is 2. The minimum Gasteiger partial charge on any atom is -0.497 e. The molecule has 1 heterocycles. The fourth-order valence-electron chi connectivity index (χ4n) is 2.52. The van der Waals surface area contributed by atoms with Gasteiger partial charge in [0.25, 0.3) is 0 Å². The summed E-state index contributed by atoms with van der Waals surface area (Å²) >= 11 is 0. The lowest BCUT2D eigenvalue weighted by molar-refractivity contribution is 0.348. The van der Waals surface area contributed by atoms with Crippen molar-refractivity contribution in [1.82, 2.24) is 4.90 Å². The average molecular weight is 264 g/mol. The Bertz CT molecular complexity index is 409. The molecule has 19 heavy (non-hydrogen) atoms. The topological polar surface area (TPSA) is 33.7 Å². The van der Waals surface area contributed by atoms with E-state index in [0.717, 1.165) is 23.7 Å². The van der Waals surface area contributed by atoms with Gasteiger partial charge in [-0.05, 0) is 51.5 Å². The monoisotopic (exact) mass is 264 g/mol. The summed E-state index contributed by atoms with van der Waals surface area (Å²) in [6.07, 6.45) is 3.62. The molecule has 1 aromatic carbocycles. The van der Waals surface area contributed by atoms with Crippen molar-refractivity contribution >= 4 is 5.69 Å². The molecule has 106 valence electrons. The molecule has 4 nitrogen and oxygen atoms in total. The van der Waals surface area contributed by atoms with Crippen molar-refractivity contribution in [2.24, 2.45) is 0 Å². The Labute approximate surface area is 115 Å². The number of likely N-dealkylation sites (tertiary alicyclic amines) is 1. The first-order chi connectivity index (χ1) is 9.22. The number of hydrogen-bond donors (Lipinski definition) is 1. The van der Waals surface area contributed by atoms with E-state index >= 15 is 0 Å². The molecule has 1 fully saturated rings. The zero-order valence-electron chi connectivity index (χ0n) is 12.1. The molecule has 0 saturated carbocycles. The lowest BCUT2D eigenvalue weighted by Crippen LogP contribution is -2.23. The van der Waals surface area contributed by atoms with E-state index in [9.17, 15) is 0 Å². The summed E-state index contributed by atoms with van der Waals surface area (Å²) < 4.78 is 10.7. The molecule has 0 bridgehead atoms. The molecule has 0 aromatic heterocycles. The van der Waals surface area contributed by atoms with Gasteiger partial charge in [0.1, 0.15) is 11.5 Å². The van der Waals surface area contributed by atoms with Crippen LogP contribution in [0.2, 0.25) is 0 Å². The number of nitrogens with zero attached hydrogens (tertiary/aromatic N) is 1. The van der Waals surface area contributed by atoms with Gasteiger partial charge in [0.15, 0.2) is 0 Å². The fraction of sp³-hybridized carbons (Fsp3) is 0.600. The van der Waals surface area contributed by atoms with Gasteiger partial charge in [-0.15, -0.1) is 0 Å². The fourth-order valence-corrected chi connectivity index (χ4v) is 2.52. The number of benzene rings is 1. The van der Waals surface area contributed by atoms with Crippen LogP contribution in [0.4, 0.5) is 5.69 Å². The largest absolute Gasteiger partial charge is 0.497 e. The Hall–Kier alpha value is -1.42. The van der Waals surface area contributed by atoms with Gasteiger partial charge < -0.3 is 19.7 Å². The van der Waals surface area contributed by atoms with E-state index in [4.69, 9.17) is 9.47 Å². The minimum absolute atomic E-state index is 0.521. The molecule has 1 saturated heterocycles. The maximum atomic E-state index is 5.43. The SMILES string of the molecule is COc1ccc(NC2CCCN(C)CC2)c(OC)c1. The Morgan fingerprint density at radius 2 is 2.00 bits per heavy atom. The lowest BCUT2D eigenvalue weighted by Gasteiger charge is -2.20. The second-order valence-electron chi connectivity index (χ2n) is 5.14. The summed E-state index contributed by atoms with van der Waals surface area (Å²) in [5.74, 6) is 1.67. The van der Waals surface area contributed by atoms with Gasteiger partial charge in [-0.25, -0.2) is 0 Å². The Morgan fingerprint density at radius 3 is 2.74 bits per heavy atom. The lowest BCUT2D eigenvalue weighted by atomic mass is 10.1. The molecular weight excluding hydrogens is 240 g/mol. The van der Waals surface area contributed by atoms with Crippen molar-refractivity contribution < 1.29 is 9.47 Å². The van der Waals surface area contributed by atoms with Crippen molar-refractivity contribution in [2.45, 2.75) is 25.3 Å². The standard InChI is InChI=1S/C15H24N2O2/c1-17-9-4-5-12(8-10-17)16-14-7-6-13(18-2)11-15(14)19-3/h6-7,11-12,16H,4-5,8-10H2,1-3H3. The molecule has 2 rings (SSSR count). The molecular formula is C15H24N2O2. The molecule has 1 aliphatic rings. The molecule has 1 aliphatic heterocycles. The first-order valence-corrected chi connectivity index (χ1v) is 6.90. The third-order valence-corrected chi connectivity index (χ3v) is 3.72. The summed E-state index contributed by atoms with van der Waals surface area (Å²) in [5, 5.41) is 3.61. The Morgan fingerprint density at radius 1 is 1.16 bits per heavy atom. The molecule has 0 aliphatic carbocycles. The smallest absolute Gasteiger partial charge is 0.145 e. The number of nitrogens with one attached hydrogen (secondary N) is 1. The normalized spacial score (nSPS) is 20.7. The zero-order valence-corrected chi connectivity index (χ0v) is 12.1. The molecule has 1 aromatic rings. The van der Waals surface area contributed by atoms with Gasteiger partial charge in [-0.2, -0.15) is 0 Å². The molecule has 0 spiro atoms. The van der Waals surface area contributed by atoms with E-state index in [1.165, 1.54) is 25.8 Å². The second kappa shape index (κ2) is 6.66. The Kier molecular flexibility index (Phi) is 4.91. The molecule has 4 heteroatoms. The number of rotatable bonds is 4. The predicted molar refractivity (Wildman–Crippen MR) is 78.3 cm³/mol. The second-order valence-corrected chi connectivity index (χ2v) is 5.14. The first kappa shape index (κ1) is 14.0. The molecule has 1 N–H and O–H groups in total. The van der Waals surface area contributed by atoms with Crippen molar-refractivity contribution in [3.8, 4) is 11.5 Å². The summed E-state index contributed by atoms with van der Waals surface area (Å²) in [6.45, 7) is 2.34. The maximum absolute atomic E-state index is 5.43. The van der Waals surface area contributed by atoms with Gasteiger partial charge in [-0.3, -0.25) is 0 Å².